The number of thioether (sulfide) groups is 1. The summed E-state index contributed by atoms with van der Waals surface area (Å²) in [6, 6.07) is 18.6. The van der Waals surface area contributed by atoms with Crippen LogP contribution >= 0.6 is 11.8 Å². The molecule has 6 heteroatoms. The van der Waals surface area contributed by atoms with Gasteiger partial charge < -0.3 is 0 Å². The lowest BCUT2D eigenvalue weighted by molar-refractivity contribution is 0.886. The second kappa shape index (κ2) is 8.63. The minimum absolute atomic E-state index is 0.687. The van der Waals surface area contributed by atoms with Crippen LogP contribution in [0.5, 0.6) is 0 Å². The molecule has 0 spiro atoms. The number of hydrogen-bond donors (Lipinski definition) is 0. The van der Waals surface area contributed by atoms with Gasteiger partial charge in [0.25, 0.3) is 0 Å². The van der Waals surface area contributed by atoms with Crippen molar-refractivity contribution in [3.63, 3.8) is 0 Å². The van der Waals surface area contributed by atoms with Crippen LogP contribution in [0.2, 0.25) is 0 Å². The summed E-state index contributed by atoms with van der Waals surface area (Å²) in [5, 5.41) is 9.62. The molecule has 0 bridgehead atoms. The maximum atomic E-state index is 4.41. The van der Waals surface area contributed by atoms with Crippen molar-refractivity contribution in [1.29, 1.82) is 0 Å². The lowest BCUT2D eigenvalue weighted by Crippen LogP contribution is -2.01. The Morgan fingerprint density at radius 1 is 0.964 bits per heavy atom. The Labute approximate surface area is 168 Å². The molecule has 28 heavy (non-hydrogen) atoms. The monoisotopic (exact) mass is 385 g/mol. The van der Waals surface area contributed by atoms with Crippen LogP contribution in [-0.2, 0) is 0 Å². The van der Waals surface area contributed by atoms with E-state index in [4.69, 9.17) is 0 Å². The van der Waals surface area contributed by atoms with Gasteiger partial charge >= 0.3 is 0 Å². The van der Waals surface area contributed by atoms with E-state index in [9.17, 15) is 0 Å². The zero-order valence-corrected chi connectivity index (χ0v) is 16.3. The molecule has 0 aliphatic heterocycles. The molecular weight excluding hydrogens is 366 g/mol. The molecule has 5 nitrogen and oxygen atoms in total. The lowest BCUT2D eigenvalue weighted by Gasteiger charge is -2.09. The molecule has 0 amide bonds. The van der Waals surface area contributed by atoms with Gasteiger partial charge in [0.05, 0.1) is 6.20 Å². The minimum atomic E-state index is 0.687. The van der Waals surface area contributed by atoms with Crippen LogP contribution in [0.25, 0.3) is 23.3 Å². The normalized spacial score (nSPS) is 11.2. The van der Waals surface area contributed by atoms with E-state index >= 15 is 0 Å². The summed E-state index contributed by atoms with van der Waals surface area (Å²) >= 11 is 1.64. The molecule has 0 saturated carbocycles. The first-order valence-electron chi connectivity index (χ1n) is 8.94. The van der Waals surface area contributed by atoms with Crippen LogP contribution in [0, 0.1) is 6.92 Å². The van der Waals surface area contributed by atoms with Crippen molar-refractivity contribution in [2.75, 3.05) is 5.75 Å². The van der Waals surface area contributed by atoms with Gasteiger partial charge in [0.15, 0.2) is 11.0 Å². The van der Waals surface area contributed by atoms with Crippen LogP contribution < -0.4 is 0 Å². The van der Waals surface area contributed by atoms with Crippen molar-refractivity contribution in [2.24, 2.45) is 0 Å². The van der Waals surface area contributed by atoms with E-state index < -0.39 is 0 Å². The summed E-state index contributed by atoms with van der Waals surface area (Å²) in [7, 11) is 0. The molecular formula is C22H19N5S. The van der Waals surface area contributed by atoms with Crippen molar-refractivity contribution in [3.05, 3.63) is 90.4 Å². The Bertz CT molecular complexity index is 1060. The third-order valence-electron chi connectivity index (χ3n) is 4.14. The molecule has 4 aromatic rings. The standard InChI is InChI=1S/C22H19N5S/c1-17-9-11-19(12-10-17)27-21(20-16-23-13-14-24-20)25-26-22(27)28-15-5-8-18-6-3-2-4-7-18/h2-14,16H,15H2,1H3. The molecule has 4 rings (SSSR count). The maximum absolute atomic E-state index is 4.41. The van der Waals surface area contributed by atoms with Gasteiger partial charge in [0.1, 0.15) is 5.69 Å². The van der Waals surface area contributed by atoms with Crippen molar-refractivity contribution < 1.29 is 0 Å². The summed E-state index contributed by atoms with van der Waals surface area (Å²) in [5.74, 6) is 1.48. The third kappa shape index (κ3) is 4.18. The molecule has 2 aromatic carbocycles. The highest BCUT2D eigenvalue weighted by molar-refractivity contribution is 7.99. The predicted octanol–water partition coefficient (Wildman–Crippen LogP) is 4.84. The molecule has 0 saturated heterocycles. The number of rotatable bonds is 6. The molecule has 0 fully saturated rings. The van der Waals surface area contributed by atoms with E-state index in [1.807, 2.05) is 22.8 Å². The number of hydrogen-bond acceptors (Lipinski definition) is 5. The average Bonchev–Trinajstić information content (AvgIpc) is 3.17. The Morgan fingerprint density at radius 2 is 1.79 bits per heavy atom. The molecule has 0 aliphatic carbocycles. The number of aryl methyl sites for hydroxylation is 1. The molecule has 0 radical (unpaired) electrons. The van der Waals surface area contributed by atoms with Gasteiger partial charge in [-0.2, -0.15) is 0 Å². The fourth-order valence-corrected chi connectivity index (χ4v) is 3.50. The van der Waals surface area contributed by atoms with Crippen molar-refractivity contribution in [1.82, 2.24) is 24.7 Å². The minimum Gasteiger partial charge on any atom is -0.269 e. The molecule has 0 atom stereocenters. The first-order valence-corrected chi connectivity index (χ1v) is 9.93. The van der Waals surface area contributed by atoms with Crippen LogP contribution in [0.1, 0.15) is 11.1 Å². The summed E-state index contributed by atoms with van der Waals surface area (Å²) in [6.45, 7) is 2.07. The molecule has 2 aromatic heterocycles. The van der Waals surface area contributed by atoms with E-state index in [1.54, 1.807) is 30.4 Å². The third-order valence-corrected chi connectivity index (χ3v) is 5.02. The van der Waals surface area contributed by atoms with E-state index in [-0.39, 0.29) is 0 Å². The van der Waals surface area contributed by atoms with E-state index in [0.717, 1.165) is 16.6 Å². The van der Waals surface area contributed by atoms with Crippen LogP contribution in [0.15, 0.2) is 84.4 Å². The number of nitrogens with zero attached hydrogens (tertiary/aromatic N) is 5. The second-order valence-corrected chi connectivity index (χ2v) is 7.18. The van der Waals surface area contributed by atoms with E-state index in [1.165, 1.54) is 11.1 Å². The average molecular weight is 385 g/mol. The summed E-state index contributed by atoms with van der Waals surface area (Å²) in [4.78, 5) is 8.56. The van der Waals surface area contributed by atoms with Crippen LogP contribution in [-0.4, -0.2) is 30.5 Å². The van der Waals surface area contributed by atoms with E-state index in [0.29, 0.717) is 11.5 Å². The fraction of sp³-hybridized carbons (Fsp3) is 0.0909. The summed E-state index contributed by atoms with van der Waals surface area (Å²) < 4.78 is 2.03. The van der Waals surface area contributed by atoms with Crippen molar-refractivity contribution >= 4 is 17.8 Å². The van der Waals surface area contributed by atoms with Gasteiger partial charge in [0, 0.05) is 23.8 Å². The van der Waals surface area contributed by atoms with Gasteiger partial charge in [-0.3, -0.25) is 9.55 Å². The second-order valence-electron chi connectivity index (χ2n) is 6.19. The predicted molar refractivity (Wildman–Crippen MR) is 113 cm³/mol. The zero-order valence-electron chi connectivity index (χ0n) is 15.4. The van der Waals surface area contributed by atoms with Gasteiger partial charge in [0.2, 0.25) is 0 Å². The smallest absolute Gasteiger partial charge is 0.196 e. The van der Waals surface area contributed by atoms with Gasteiger partial charge in [-0.05, 0) is 24.6 Å². The number of benzene rings is 2. The lowest BCUT2D eigenvalue weighted by atomic mass is 10.2. The summed E-state index contributed by atoms with van der Waals surface area (Å²) in [6.07, 6.45) is 9.27. The molecule has 0 N–H and O–H groups in total. The highest BCUT2D eigenvalue weighted by Gasteiger charge is 2.16. The highest BCUT2D eigenvalue weighted by Crippen LogP contribution is 2.27. The van der Waals surface area contributed by atoms with Gasteiger partial charge in [-0.15, -0.1) is 10.2 Å². The Hall–Kier alpha value is -3.25. The number of aromatic nitrogens is 5. The summed E-state index contributed by atoms with van der Waals surface area (Å²) in [5.41, 5.74) is 4.09. The largest absolute Gasteiger partial charge is 0.269 e. The van der Waals surface area contributed by atoms with Gasteiger partial charge in [-0.1, -0.05) is 71.9 Å². The Balaban J connectivity index is 1.62. The first-order chi connectivity index (χ1) is 13.8. The molecule has 2 heterocycles. The fourth-order valence-electron chi connectivity index (χ4n) is 2.74. The highest BCUT2D eigenvalue weighted by atomic mass is 32.2. The Kier molecular flexibility index (Phi) is 5.58. The van der Waals surface area contributed by atoms with Crippen molar-refractivity contribution in [2.45, 2.75) is 12.1 Å². The topological polar surface area (TPSA) is 56.5 Å². The van der Waals surface area contributed by atoms with Gasteiger partial charge in [-0.25, -0.2) is 4.98 Å². The van der Waals surface area contributed by atoms with Crippen LogP contribution in [0.3, 0.4) is 0 Å². The molecule has 0 aliphatic rings. The quantitative estimate of drug-likeness (QED) is 0.445. The van der Waals surface area contributed by atoms with Crippen LogP contribution in [0.4, 0.5) is 0 Å². The maximum Gasteiger partial charge on any atom is 0.196 e. The zero-order chi connectivity index (χ0) is 19.2. The van der Waals surface area contributed by atoms with Crippen molar-refractivity contribution in [3.8, 4) is 17.2 Å². The SMILES string of the molecule is Cc1ccc(-n2c(SCC=Cc3ccccc3)nnc2-c2cnccn2)cc1. The first kappa shape index (κ1) is 18.1. The molecule has 138 valence electrons. The molecule has 0 unspecified atom stereocenters. The Morgan fingerprint density at radius 3 is 2.54 bits per heavy atom. The van der Waals surface area contributed by atoms with E-state index in [2.05, 4.69) is 75.6 Å².